The molecule has 20 heavy (non-hydrogen) atoms. The van der Waals surface area contributed by atoms with Crippen LogP contribution < -0.4 is 4.74 Å². The Bertz CT molecular complexity index is 552. The highest BCUT2D eigenvalue weighted by atomic mass is 32.1. The number of nitrogens with zero attached hydrogens (tertiary/aromatic N) is 2. The average Bonchev–Trinajstić information content (AvgIpc) is 3.07. The lowest BCUT2D eigenvalue weighted by Gasteiger charge is -2.09. The molecule has 2 aromatic rings. The molecule has 0 N–H and O–H groups in total. The van der Waals surface area contributed by atoms with Gasteiger partial charge in [0.2, 0.25) is 0 Å². The highest BCUT2D eigenvalue weighted by Gasteiger charge is 2.26. The van der Waals surface area contributed by atoms with E-state index in [0.29, 0.717) is 29.6 Å². The number of thiazole rings is 2. The fourth-order valence-corrected chi connectivity index (χ4v) is 3.07. The van der Waals surface area contributed by atoms with Crippen LogP contribution in [-0.4, -0.2) is 28.1 Å². The van der Waals surface area contributed by atoms with Gasteiger partial charge in [0.05, 0.1) is 6.61 Å². The van der Waals surface area contributed by atoms with Crippen molar-refractivity contribution in [2.75, 3.05) is 6.61 Å². The first-order chi connectivity index (χ1) is 9.68. The van der Waals surface area contributed by atoms with E-state index in [0.717, 1.165) is 0 Å². The Hall–Kier alpha value is -1.60. The first-order valence-corrected chi connectivity index (χ1v) is 7.89. The molecule has 0 saturated heterocycles. The van der Waals surface area contributed by atoms with Gasteiger partial charge in [-0.1, -0.05) is 11.3 Å². The van der Waals surface area contributed by atoms with Crippen LogP contribution in [0.4, 0.5) is 0 Å². The van der Waals surface area contributed by atoms with Crippen molar-refractivity contribution in [3.8, 4) is 5.19 Å². The van der Waals surface area contributed by atoms with Gasteiger partial charge in [-0.05, 0) is 13.3 Å². The Morgan fingerprint density at radius 2 is 2.00 bits per heavy atom. The van der Waals surface area contributed by atoms with Gasteiger partial charge in [0.25, 0.3) is 5.19 Å². The third kappa shape index (κ3) is 3.94. The summed E-state index contributed by atoms with van der Waals surface area (Å²) in [7, 11) is 0. The summed E-state index contributed by atoms with van der Waals surface area (Å²) in [5.41, 5.74) is 0. The molecule has 0 aliphatic heterocycles. The van der Waals surface area contributed by atoms with Gasteiger partial charge in [0.15, 0.2) is 0 Å². The number of Topliss-reactive ketones (excluding diaryl/α,β-unsaturated/α-hetero) is 2. The van der Waals surface area contributed by atoms with Crippen LogP contribution in [0, 0.1) is 0 Å². The van der Waals surface area contributed by atoms with Gasteiger partial charge in [0, 0.05) is 29.6 Å². The average molecular weight is 310 g/mol. The number of carbonyl (C=O) groups excluding carboxylic acids is 2. The summed E-state index contributed by atoms with van der Waals surface area (Å²) in [4.78, 5) is 31.8. The predicted molar refractivity (Wildman–Crippen MR) is 77.4 cm³/mol. The molecule has 1 atom stereocenters. The molecule has 7 heteroatoms. The molecular formula is C13H14N2O3S2. The third-order valence-corrected chi connectivity index (χ3v) is 4.15. The molecule has 0 fully saturated rings. The van der Waals surface area contributed by atoms with E-state index < -0.39 is 5.92 Å². The Labute approximate surface area is 124 Å². The zero-order valence-corrected chi connectivity index (χ0v) is 12.6. The molecule has 2 aromatic heterocycles. The third-order valence-electron chi connectivity index (χ3n) is 2.63. The smallest absolute Gasteiger partial charge is 0.273 e. The van der Waals surface area contributed by atoms with Gasteiger partial charge >= 0.3 is 0 Å². The van der Waals surface area contributed by atoms with E-state index in [1.807, 2.05) is 5.38 Å². The van der Waals surface area contributed by atoms with Crippen molar-refractivity contribution in [1.29, 1.82) is 0 Å². The van der Waals surface area contributed by atoms with Crippen LogP contribution in [0.25, 0.3) is 0 Å². The monoisotopic (exact) mass is 310 g/mol. The van der Waals surface area contributed by atoms with Crippen LogP contribution in [0.15, 0.2) is 23.2 Å². The molecule has 0 aliphatic carbocycles. The Balaban J connectivity index is 1.82. The lowest BCUT2D eigenvalue weighted by molar-refractivity contribution is -0.128. The van der Waals surface area contributed by atoms with E-state index in [4.69, 9.17) is 4.74 Å². The summed E-state index contributed by atoms with van der Waals surface area (Å²) < 4.78 is 5.38. The van der Waals surface area contributed by atoms with E-state index in [1.54, 1.807) is 17.8 Å². The van der Waals surface area contributed by atoms with Gasteiger partial charge in [0.1, 0.15) is 22.5 Å². The van der Waals surface area contributed by atoms with Crippen LogP contribution in [0.2, 0.25) is 0 Å². The van der Waals surface area contributed by atoms with Gasteiger partial charge in [-0.2, -0.15) is 0 Å². The van der Waals surface area contributed by atoms with Gasteiger partial charge in [-0.25, -0.2) is 9.97 Å². The van der Waals surface area contributed by atoms with Crippen LogP contribution in [0.3, 0.4) is 0 Å². The molecule has 0 amide bonds. The van der Waals surface area contributed by atoms with Crippen molar-refractivity contribution in [3.63, 3.8) is 0 Å². The molecule has 0 aromatic carbocycles. The summed E-state index contributed by atoms with van der Waals surface area (Å²) in [6, 6.07) is 0. The number of hydrogen-bond donors (Lipinski definition) is 0. The molecular weight excluding hydrogens is 296 g/mol. The highest BCUT2D eigenvalue weighted by molar-refractivity contribution is 7.11. The van der Waals surface area contributed by atoms with Crippen molar-refractivity contribution in [2.24, 2.45) is 0 Å². The Kier molecular flexibility index (Phi) is 5.37. The van der Waals surface area contributed by atoms with Crippen molar-refractivity contribution in [2.45, 2.75) is 25.7 Å². The molecule has 2 heterocycles. The normalized spacial score (nSPS) is 12.1. The maximum atomic E-state index is 12.1. The minimum absolute atomic E-state index is 0.102. The lowest BCUT2D eigenvalue weighted by atomic mass is 9.97. The topological polar surface area (TPSA) is 69.2 Å². The number of ether oxygens (including phenoxy) is 1. The standard InChI is InChI=1S/C13H14N2O3S2/c1-9(16)11(12-14-4-7-19-12)10(17)3-2-6-18-13-15-5-8-20-13/h4-5,7-8,11H,2-3,6H2,1H3. The molecule has 5 nitrogen and oxygen atoms in total. The maximum absolute atomic E-state index is 12.1. The number of aromatic nitrogens is 2. The van der Waals surface area contributed by atoms with E-state index in [9.17, 15) is 9.59 Å². The number of rotatable bonds is 8. The summed E-state index contributed by atoms with van der Waals surface area (Å²) in [5, 5.41) is 4.77. The van der Waals surface area contributed by atoms with Crippen LogP contribution in [0.5, 0.6) is 5.19 Å². The van der Waals surface area contributed by atoms with Gasteiger partial charge in [-0.15, -0.1) is 11.3 Å². The molecule has 1 unspecified atom stereocenters. The number of carbonyl (C=O) groups is 2. The second-order valence-electron chi connectivity index (χ2n) is 4.13. The second kappa shape index (κ2) is 7.25. The molecule has 0 saturated carbocycles. The Morgan fingerprint density at radius 3 is 2.60 bits per heavy atom. The summed E-state index contributed by atoms with van der Waals surface area (Å²) in [5.74, 6) is -0.990. The van der Waals surface area contributed by atoms with E-state index in [-0.39, 0.29) is 11.6 Å². The van der Waals surface area contributed by atoms with Gasteiger partial charge < -0.3 is 4.74 Å². The van der Waals surface area contributed by atoms with Crippen LogP contribution in [0.1, 0.15) is 30.7 Å². The van der Waals surface area contributed by atoms with Crippen LogP contribution >= 0.6 is 22.7 Å². The Morgan fingerprint density at radius 1 is 1.25 bits per heavy atom. The molecule has 0 spiro atoms. The number of hydrogen-bond acceptors (Lipinski definition) is 7. The van der Waals surface area contributed by atoms with E-state index in [1.165, 1.54) is 29.6 Å². The lowest BCUT2D eigenvalue weighted by Crippen LogP contribution is -2.20. The molecule has 0 radical (unpaired) electrons. The summed E-state index contributed by atoms with van der Waals surface area (Å²) in [6.07, 6.45) is 4.14. The fraction of sp³-hybridized carbons (Fsp3) is 0.385. The quantitative estimate of drug-likeness (QED) is 0.554. The number of ketones is 2. The van der Waals surface area contributed by atoms with Crippen molar-refractivity contribution >= 4 is 34.2 Å². The summed E-state index contributed by atoms with van der Waals surface area (Å²) >= 11 is 2.74. The SMILES string of the molecule is CC(=O)C(C(=O)CCCOc1nccs1)c1nccs1. The molecule has 106 valence electrons. The highest BCUT2D eigenvalue weighted by Crippen LogP contribution is 2.22. The van der Waals surface area contributed by atoms with Gasteiger partial charge in [-0.3, -0.25) is 9.59 Å². The minimum atomic E-state index is -0.727. The predicted octanol–water partition coefficient (Wildman–Crippen LogP) is 2.70. The maximum Gasteiger partial charge on any atom is 0.273 e. The van der Waals surface area contributed by atoms with Crippen molar-refractivity contribution in [3.05, 3.63) is 28.2 Å². The fourth-order valence-electron chi connectivity index (χ4n) is 1.75. The van der Waals surface area contributed by atoms with Crippen molar-refractivity contribution in [1.82, 2.24) is 9.97 Å². The molecule has 2 rings (SSSR count). The zero-order valence-electron chi connectivity index (χ0n) is 10.9. The molecule has 0 aliphatic rings. The first kappa shape index (κ1) is 14.8. The minimum Gasteiger partial charge on any atom is -0.470 e. The van der Waals surface area contributed by atoms with E-state index >= 15 is 0 Å². The summed E-state index contributed by atoms with van der Waals surface area (Å²) in [6.45, 7) is 1.85. The zero-order chi connectivity index (χ0) is 14.4. The molecule has 0 bridgehead atoms. The van der Waals surface area contributed by atoms with Crippen molar-refractivity contribution < 1.29 is 14.3 Å². The largest absolute Gasteiger partial charge is 0.470 e. The second-order valence-corrected chi connectivity index (χ2v) is 5.91. The van der Waals surface area contributed by atoms with Crippen LogP contribution in [-0.2, 0) is 9.59 Å². The van der Waals surface area contributed by atoms with E-state index in [2.05, 4.69) is 9.97 Å². The first-order valence-electron chi connectivity index (χ1n) is 6.13.